The maximum atomic E-state index is 12.8. The Kier molecular flexibility index (Phi) is 5.03. The van der Waals surface area contributed by atoms with Gasteiger partial charge in [-0.1, -0.05) is 48.6 Å². The van der Waals surface area contributed by atoms with E-state index in [0.29, 0.717) is 24.2 Å². The second-order valence-corrected chi connectivity index (χ2v) is 6.09. The molecule has 0 saturated carbocycles. The number of alkyl halides is 3. The van der Waals surface area contributed by atoms with Crippen LogP contribution >= 0.6 is 0 Å². The molecule has 1 atom stereocenters. The van der Waals surface area contributed by atoms with Crippen LogP contribution < -0.4 is 0 Å². The van der Waals surface area contributed by atoms with Crippen LogP contribution in [0.25, 0.3) is 11.3 Å². The van der Waals surface area contributed by atoms with E-state index in [4.69, 9.17) is 4.74 Å². The predicted molar refractivity (Wildman–Crippen MR) is 98.2 cm³/mol. The average Bonchev–Trinajstić information content (AvgIpc) is 2.98. The number of fused-ring (bicyclic) bond motifs is 1. The third kappa shape index (κ3) is 3.45. The quantitative estimate of drug-likeness (QED) is 0.536. The Morgan fingerprint density at radius 2 is 1.69 bits per heavy atom. The van der Waals surface area contributed by atoms with E-state index in [-0.39, 0.29) is 6.10 Å². The molecule has 0 spiro atoms. The molecule has 0 aromatic heterocycles. The summed E-state index contributed by atoms with van der Waals surface area (Å²) in [5.74, 6) is 0.701. The zero-order chi connectivity index (χ0) is 18.7. The van der Waals surface area contributed by atoms with Gasteiger partial charge in [0.25, 0.3) is 0 Å². The van der Waals surface area contributed by atoms with Crippen molar-refractivity contribution in [3.63, 3.8) is 0 Å². The highest BCUT2D eigenvalue weighted by molar-refractivity contribution is 5.90. The first-order chi connectivity index (χ1) is 12.5. The van der Waals surface area contributed by atoms with Crippen molar-refractivity contribution in [3.8, 4) is 0 Å². The van der Waals surface area contributed by atoms with Crippen LogP contribution in [0.2, 0.25) is 0 Å². The van der Waals surface area contributed by atoms with Crippen LogP contribution in [0.5, 0.6) is 0 Å². The summed E-state index contributed by atoms with van der Waals surface area (Å²) in [5.41, 5.74) is 2.89. The summed E-state index contributed by atoms with van der Waals surface area (Å²) in [6.45, 7) is 7.56. The van der Waals surface area contributed by atoms with Crippen molar-refractivity contribution in [2.75, 3.05) is 0 Å². The Hall–Kier alpha value is -2.75. The molecule has 134 valence electrons. The molecule has 1 heterocycles. The van der Waals surface area contributed by atoms with E-state index in [1.165, 1.54) is 12.1 Å². The smallest absolute Gasteiger partial charge is 0.416 e. The van der Waals surface area contributed by atoms with Crippen molar-refractivity contribution in [1.29, 1.82) is 0 Å². The lowest BCUT2D eigenvalue weighted by Gasteiger charge is -2.14. The van der Waals surface area contributed by atoms with Gasteiger partial charge in [-0.25, -0.2) is 0 Å². The standard InChI is InChI=1S/C22H19F3O/c1-3-7-17(15-11-13-16(14-12-15)22(23,24)25)21-19-10-6-5-9-18(19)20(26-21)8-4-2/h3-6,9-14,20H,1-2,7-8H2/b21-17-. The summed E-state index contributed by atoms with van der Waals surface area (Å²) in [6, 6.07) is 13.0. The van der Waals surface area contributed by atoms with Gasteiger partial charge in [0.1, 0.15) is 11.9 Å². The zero-order valence-electron chi connectivity index (χ0n) is 14.2. The van der Waals surface area contributed by atoms with Crippen LogP contribution in [-0.4, -0.2) is 0 Å². The van der Waals surface area contributed by atoms with Crippen molar-refractivity contribution in [2.45, 2.75) is 25.1 Å². The number of ether oxygens (including phenoxy) is 1. The highest BCUT2D eigenvalue weighted by Gasteiger charge is 2.31. The first-order valence-corrected chi connectivity index (χ1v) is 8.34. The molecule has 0 fully saturated rings. The second-order valence-electron chi connectivity index (χ2n) is 6.09. The van der Waals surface area contributed by atoms with E-state index in [1.807, 2.05) is 24.3 Å². The van der Waals surface area contributed by atoms with Gasteiger partial charge >= 0.3 is 6.18 Å². The molecule has 1 nitrogen and oxygen atoms in total. The van der Waals surface area contributed by atoms with Gasteiger partial charge < -0.3 is 4.74 Å². The Balaban J connectivity index is 2.10. The van der Waals surface area contributed by atoms with E-state index >= 15 is 0 Å². The molecule has 1 aliphatic heterocycles. The molecule has 2 aromatic carbocycles. The minimum Gasteiger partial charge on any atom is -0.484 e. The third-order valence-corrected chi connectivity index (χ3v) is 4.38. The monoisotopic (exact) mass is 356 g/mol. The van der Waals surface area contributed by atoms with Crippen LogP contribution in [0, 0.1) is 0 Å². The molecule has 2 aromatic rings. The van der Waals surface area contributed by atoms with Crippen LogP contribution in [-0.2, 0) is 10.9 Å². The molecular weight excluding hydrogens is 337 g/mol. The summed E-state index contributed by atoms with van der Waals surface area (Å²) in [5, 5.41) is 0. The minimum atomic E-state index is -4.35. The molecule has 0 aliphatic carbocycles. The second kappa shape index (κ2) is 7.24. The van der Waals surface area contributed by atoms with Crippen molar-refractivity contribution >= 4 is 11.3 Å². The van der Waals surface area contributed by atoms with E-state index in [2.05, 4.69) is 13.2 Å². The summed E-state index contributed by atoms with van der Waals surface area (Å²) >= 11 is 0. The van der Waals surface area contributed by atoms with Gasteiger partial charge in [0.2, 0.25) is 0 Å². The summed E-state index contributed by atoms with van der Waals surface area (Å²) < 4.78 is 44.7. The Morgan fingerprint density at radius 3 is 2.31 bits per heavy atom. The average molecular weight is 356 g/mol. The lowest BCUT2D eigenvalue weighted by Crippen LogP contribution is -2.04. The van der Waals surface area contributed by atoms with Crippen molar-refractivity contribution in [3.05, 3.63) is 96.1 Å². The summed E-state index contributed by atoms with van der Waals surface area (Å²) in [7, 11) is 0. The fourth-order valence-corrected chi connectivity index (χ4v) is 3.16. The van der Waals surface area contributed by atoms with Gasteiger partial charge in [0, 0.05) is 23.1 Å². The maximum Gasteiger partial charge on any atom is 0.416 e. The zero-order valence-corrected chi connectivity index (χ0v) is 14.2. The van der Waals surface area contributed by atoms with Gasteiger partial charge in [0.15, 0.2) is 0 Å². The van der Waals surface area contributed by atoms with E-state index in [9.17, 15) is 13.2 Å². The topological polar surface area (TPSA) is 9.23 Å². The number of benzene rings is 2. The van der Waals surface area contributed by atoms with Crippen molar-refractivity contribution in [2.24, 2.45) is 0 Å². The molecule has 1 unspecified atom stereocenters. The maximum absolute atomic E-state index is 12.8. The van der Waals surface area contributed by atoms with Gasteiger partial charge in [-0.3, -0.25) is 0 Å². The number of halogens is 3. The molecule has 3 rings (SSSR count). The summed E-state index contributed by atoms with van der Waals surface area (Å²) in [4.78, 5) is 0. The number of hydrogen-bond acceptors (Lipinski definition) is 1. The first-order valence-electron chi connectivity index (χ1n) is 8.34. The number of hydrogen-bond donors (Lipinski definition) is 0. The normalized spacial score (nSPS) is 18.0. The van der Waals surface area contributed by atoms with Gasteiger partial charge in [-0.15, -0.1) is 13.2 Å². The lowest BCUT2D eigenvalue weighted by atomic mass is 9.95. The Bertz CT molecular complexity index is 844. The van der Waals surface area contributed by atoms with Crippen LogP contribution in [0.4, 0.5) is 13.2 Å². The molecule has 0 amide bonds. The molecule has 4 heteroatoms. The molecule has 0 bridgehead atoms. The van der Waals surface area contributed by atoms with E-state index < -0.39 is 11.7 Å². The lowest BCUT2D eigenvalue weighted by molar-refractivity contribution is -0.137. The van der Waals surface area contributed by atoms with Gasteiger partial charge in [-0.05, 0) is 24.1 Å². The predicted octanol–water partition coefficient (Wildman–Crippen LogP) is 6.80. The van der Waals surface area contributed by atoms with Gasteiger partial charge in [0.05, 0.1) is 5.56 Å². The van der Waals surface area contributed by atoms with Crippen molar-refractivity contribution < 1.29 is 17.9 Å². The molecular formula is C22H19F3O. The minimum absolute atomic E-state index is 0.132. The molecule has 0 radical (unpaired) electrons. The first kappa shape index (κ1) is 18.1. The third-order valence-electron chi connectivity index (χ3n) is 4.38. The summed E-state index contributed by atoms with van der Waals surface area (Å²) in [6.07, 6.45) is 0.205. The highest BCUT2D eigenvalue weighted by atomic mass is 19.4. The Labute approximate surface area is 151 Å². The fourth-order valence-electron chi connectivity index (χ4n) is 3.16. The molecule has 0 N–H and O–H groups in total. The number of rotatable bonds is 5. The van der Waals surface area contributed by atoms with E-state index in [0.717, 1.165) is 28.8 Å². The molecule has 1 aliphatic rings. The SMILES string of the molecule is C=CC/C(=C1/OC(CC=C)c2ccccc21)c1ccc(C(F)(F)F)cc1. The molecule has 0 saturated heterocycles. The molecule has 26 heavy (non-hydrogen) atoms. The van der Waals surface area contributed by atoms with Crippen LogP contribution in [0.1, 0.15) is 41.2 Å². The highest BCUT2D eigenvalue weighted by Crippen LogP contribution is 2.44. The van der Waals surface area contributed by atoms with Crippen LogP contribution in [0.15, 0.2) is 73.8 Å². The fraction of sp³-hybridized carbons (Fsp3) is 0.182. The van der Waals surface area contributed by atoms with E-state index in [1.54, 1.807) is 12.2 Å². The van der Waals surface area contributed by atoms with Crippen LogP contribution in [0.3, 0.4) is 0 Å². The van der Waals surface area contributed by atoms with Gasteiger partial charge in [-0.2, -0.15) is 13.2 Å². The van der Waals surface area contributed by atoms with Crippen molar-refractivity contribution in [1.82, 2.24) is 0 Å². The largest absolute Gasteiger partial charge is 0.484 e. The Morgan fingerprint density at radius 1 is 1.00 bits per heavy atom. The number of allylic oxidation sites excluding steroid dienone is 2.